The van der Waals surface area contributed by atoms with Gasteiger partial charge in [-0.1, -0.05) is 88.4 Å². The second kappa shape index (κ2) is 13.7. The van der Waals surface area contributed by atoms with E-state index in [1.807, 2.05) is 6.20 Å². The second-order valence-corrected chi connectivity index (χ2v) is 8.76. The molecule has 0 radical (unpaired) electrons. The summed E-state index contributed by atoms with van der Waals surface area (Å²) in [5.41, 5.74) is 6.30. The van der Waals surface area contributed by atoms with E-state index in [4.69, 9.17) is 9.72 Å². The number of hydrogen-bond donors (Lipinski definition) is 0. The number of pyridine rings is 1. The zero-order chi connectivity index (χ0) is 22.4. The molecule has 0 amide bonds. The predicted molar refractivity (Wildman–Crippen MR) is 136 cm³/mol. The fourth-order valence-corrected chi connectivity index (χ4v) is 3.92. The third-order valence-corrected chi connectivity index (χ3v) is 6.04. The fraction of sp³-hybridized carbons (Fsp3) is 0.433. The van der Waals surface area contributed by atoms with Crippen molar-refractivity contribution in [3.05, 3.63) is 83.6 Å². The first-order chi connectivity index (χ1) is 15.8. The SMILES string of the molecule is CCCCCCc1ccc(-c2ccc(CCc3ccc(OCCCCC)cc3)cn2)cc1. The van der Waals surface area contributed by atoms with Crippen molar-refractivity contribution in [2.75, 3.05) is 6.61 Å². The lowest BCUT2D eigenvalue weighted by Gasteiger charge is -2.08. The van der Waals surface area contributed by atoms with Crippen molar-refractivity contribution >= 4 is 0 Å². The average molecular weight is 430 g/mol. The summed E-state index contributed by atoms with van der Waals surface area (Å²) in [7, 11) is 0. The Balaban J connectivity index is 1.45. The van der Waals surface area contributed by atoms with E-state index in [-0.39, 0.29) is 0 Å². The third kappa shape index (κ3) is 8.15. The zero-order valence-corrected chi connectivity index (χ0v) is 20.0. The lowest BCUT2D eigenvalue weighted by Crippen LogP contribution is -1.97. The van der Waals surface area contributed by atoms with Crippen molar-refractivity contribution in [2.24, 2.45) is 0 Å². The Bertz CT molecular complexity index is 882. The van der Waals surface area contributed by atoms with Gasteiger partial charge in [-0.3, -0.25) is 4.98 Å². The predicted octanol–water partition coefficient (Wildman–Crippen LogP) is 8.23. The molecule has 0 spiro atoms. The van der Waals surface area contributed by atoms with Crippen LogP contribution in [0.4, 0.5) is 0 Å². The monoisotopic (exact) mass is 429 g/mol. The lowest BCUT2D eigenvalue weighted by atomic mass is 10.0. The molecule has 170 valence electrons. The van der Waals surface area contributed by atoms with E-state index >= 15 is 0 Å². The minimum atomic E-state index is 0.812. The number of benzene rings is 2. The molecule has 1 aromatic heterocycles. The summed E-state index contributed by atoms with van der Waals surface area (Å²) in [6, 6.07) is 21.9. The van der Waals surface area contributed by atoms with Crippen LogP contribution in [0, 0.1) is 0 Å². The van der Waals surface area contributed by atoms with Crippen LogP contribution in [0.2, 0.25) is 0 Å². The second-order valence-electron chi connectivity index (χ2n) is 8.76. The molecule has 2 heteroatoms. The molecule has 0 bridgehead atoms. The van der Waals surface area contributed by atoms with Crippen LogP contribution in [0.3, 0.4) is 0 Å². The van der Waals surface area contributed by atoms with Gasteiger partial charge in [0.25, 0.3) is 0 Å². The Hall–Kier alpha value is -2.61. The molecule has 0 saturated carbocycles. The van der Waals surface area contributed by atoms with Gasteiger partial charge in [0.15, 0.2) is 0 Å². The van der Waals surface area contributed by atoms with Gasteiger partial charge in [-0.25, -0.2) is 0 Å². The summed E-state index contributed by atoms with van der Waals surface area (Å²) >= 11 is 0. The summed E-state index contributed by atoms with van der Waals surface area (Å²) in [5, 5.41) is 0. The first-order valence-corrected chi connectivity index (χ1v) is 12.5. The molecular formula is C30H39NO. The highest BCUT2D eigenvalue weighted by Gasteiger charge is 2.03. The summed E-state index contributed by atoms with van der Waals surface area (Å²) in [6.07, 6.45) is 14.1. The highest BCUT2D eigenvalue weighted by atomic mass is 16.5. The third-order valence-electron chi connectivity index (χ3n) is 6.04. The quantitative estimate of drug-likeness (QED) is 0.241. The van der Waals surface area contributed by atoms with Crippen LogP contribution in [0.25, 0.3) is 11.3 Å². The lowest BCUT2D eigenvalue weighted by molar-refractivity contribution is 0.306. The Morgan fingerprint density at radius 3 is 1.91 bits per heavy atom. The maximum Gasteiger partial charge on any atom is 0.119 e. The van der Waals surface area contributed by atoms with Gasteiger partial charge in [0.2, 0.25) is 0 Å². The molecule has 2 nitrogen and oxygen atoms in total. The fourth-order valence-electron chi connectivity index (χ4n) is 3.92. The Kier molecular flexibility index (Phi) is 10.3. The first kappa shape index (κ1) is 24.0. The molecule has 3 aromatic rings. The van der Waals surface area contributed by atoms with E-state index in [0.29, 0.717) is 0 Å². The molecule has 3 rings (SSSR count). The van der Waals surface area contributed by atoms with Crippen molar-refractivity contribution in [3.63, 3.8) is 0 Å². The Labute approximate surface area is 195 Å². The summed E-state index contributed by atoms with van der Waals surface area (Å²) in [4.78, 5) is 4.72. The summed E-state index contributed by atoms with van der Waals surface area (Å²) in [6.45, 7) is 5.29. The highest BCUT2D eigenvalue weighted by molar-refractivity contribution is 5.59. The molecule has 0 unspecified atom stereocenters. The van der Waals surface area contributed by atoms with E-state index in [0.717, 1.165) is 37.3 Å². The number of ether oxygens (including phenoxy) is 1. The number of nitrogens with zero attached hydrogens (tertiary/aromatic N) is 1. The van der Waals surface area contributed by atoms with Crippen LogP contribution >= 0.6 is 0 Å². The van der Waals surface area contributed by atoms with E-state index in [1.165, 1.54) is 67.2 Å². The van der Waals surface area contributed by atoms with Gasteiger partial charge >= 0.3 is 0 Å². The van der Waals surface area contributed by atoms with Gasteiger partial charge < -0.3 is 4.74 Å². The van der Waals surface area contributed by atoms with Crippen molar-refractivity contribution in [2.45, 2.75) is 78.1 Å². The molecule has 0 fully saturated rings. The van der Waals surface area contributed by atoms with Crippen molar-refractivity contribution in [1.29, 1.82) is 0 Å². The molecule has 2 aromatic carbocycles. The van der Waals surface area contributed by atoms with Crippen LogP contribution in [-0.2, 0) is 19.3 Å². The van der Waals surface area contributed by atoms with E-state index < -0.39 is 0 Å². The number of aromatic nitrogens is 1. The molecule has 0 aliphatic rings. The summed E-state index contributed by atoms with van der Waals surface area (Å²) in [5.74, 6) is 0.975. The van der Waals surface area contributed by atoms with Crippen LogP contribution in [-0.4, -0.2) is 11.6 Å². The molecular weight excluding hydrogens is 390 g/mol. The van der Waals surface area contributed by atoms with E-state index in [9.17, 15) is 0 Å². The molecule has 0 N–H and O–H groups in total. The zero-order valence-electron chi connectivity index (χ0n) is 20.0. The molecule has 1 heterocycles. The van der Waals surface area contributed by atoms with Gasteiger partial charge in [0.05, 0.1) is 12.3 Å². The van der Waals surface area contributed by atoms with Crippen LogP contribution in [0.1, 0.15) is 75.5 Å². The molecule has 0 aliphatic carbocycles. The minimum Gasteiger partial charge on any atom is -0.494 e. The molecule has 0 saturated heterocycles. The molecule has 32 heavy (non-hydrogen) atoms. The normalized spacial score (nSPS) is 10.9. The smallest absolute Gasteiger partial charge is 0.119 e. The van der Waals surface area contributed by atoms with Crippen molar-refractivity contribution in [1.82, 2.24) is 4.98 Å². The maximum atomic E-state index is 5.81. The van der Waals surface area contributed by atoms with Crippen LogP contribution < -0.4 is 4.74 Å². The van der Waals surface area contributed by atoms with Gasteiger partial charge in [-0.15, -0.1) is 0 Å². The minimum absolute atomic E-state index is 0.812. The Morgan fingerprint density at radius 1 is 0.594 bits per heavy atom. The number of rotatable bonds is 14. The maximum absolute atomic E-state index is 5.81. The van der Waals surface area contributed by atoms with Gasteiger partial charge in [0.1, 0.15) is 5.75 Å². The topological polar surface area (TPSA) is 22.1 Å². The standard InChI is InChI=1S/C30H39NO/c1-3-5-7-8-10-25-13-18-28(19-14-25)30-22-17-27(24-31-30)12-11-26-15-20-29(21-16-26)32-23-9-6-4-2/h13-22,24H,3-12,23H2,1-2H3. The number of hydrogen-bond acceptors (Lipinski definition) is 2. The van der Waals surface area contributed by atoms with Crippen LogP contribution in [0.5, 0.6) is 5.75 Å². The van der Waals surface area contributed by atoms with Crippen molar-refractivity contribution in [3.8, 4) is 17.0 Å². The number of aryl methyl sites for hydroxylation is 3. The van der Waals surface area contributed by atoms with Gasteiger partial charge in [0, 0.05) is 11.8 Å². The molecule has 0 aliphatic heterocycles. The first-order valence-electron chi connectivity index (χ1n) is 12.5. The van der Waals surface area contributed by atoms with Gasteiger partial charge in [-0.05, 0) is 67.0 Å². The average Bonchev–Trinajstić information content (AvgIpc) is 2.85. The number of unbranched alkanes of at least 4 members (excludes halogenated alkanes) is 5. The largest absolute Gasteiger partial charge is 0.494 e. The summed E-state index contributed by atoms with van der Waals surface area (Å²) < 4.78 is 5.81. The van der Waals surface area contributed by atoms with Crippen molar-refractivity contribution < 1.29 is 4.74 Å². The van der Waals surface area contributed by atoms with E-state index in [1.54, 1.807) is 0 Å². The van der Waals surface area contributed by atoms with Gasteiger partial charge in [-0.2, -0.15) is 0 Å². The Morgan fingerprint density at radius 2 is 1.22 bits per heavy atom. The van der Waals surface area contributed by atoms with Crippen LogP contribution in [0.15, 0.2) is 66.9 Å². The van der Waals surface area contributed by atoms with E-state index in [2.05, 4.69) is 74.5 Å². The highest BCUT2D eigenvalue weighted by Crippen LogP contribution is 2.20. The molecule has 0 atom stereocenters.